The molecule has 3 aromatic rings. The Kier molecular flexibility index (Phi) is 12.3. The quantitative estimate of drug-likeness (QED) is 0.237. The number of hydrogen-bond acceptors (Lipinski definition) is 8. The molecule has 0 saturated carbocycles. The maximum Gasteiger partial charge on any atom is 0.420 e. The lowest BCUT2D eigenvalue weighted by Crippen LogP contribution is -2.59. The molecule has 15 nitrogen and oxygen atoms in total. The van der Waals surface area contributed by atoms with Gasteiger partial charge in [0, 0.05) is 20.0 Å². The maximum absolute atomic E-state index is 13.6. The summed E-state index contributed by atoms with van der Waals surface area (Å²) < 4.78 is 6.34. The van der Waals surface area contributed by atoms with Gasteiger partial charge in [0.2, 0.25) is 35.4 Å². The van der Waals surface area contributed by atoms with Crippen LogP contribution in [-0.4, -0.2) is 89.2 Å². The van der Waals surface area contributed by atoms with E-state index in [0.29, 0.717) is 11.1 Å². The van der Waals surface area contributed by atoms with Gasteiger partial charge in [-0.05, 0) is 43.4 Å². The third-order valence-electron chi connectivity index (χ3n) is 8.17. The highest BCUT2D eigenvalue weighted by Gasteiger charge is 2.32. The molecule has 1 fully saturated rings. The predicted molar refractivity (Wildman–Crippen MR) is 179 cm³/mol. The van der Waals surface area contributed by atoms with Crippen LogP contribution in [0.5, 0.6) is 0 Å². The van der Waals surface area contributed by atoms with Gasteiger partial charge in [-0.1, -0.05) is 56.3 Å². The van der Waals surface area contributed by atoms with Crippen LogP contribution in [0.3, 0.4) is 0 Å². The zero-order valence-corrected chi connectivity index (χ0v) is 28.0. The molecule has 1 aliphatic heterocycles. The average molecular weight is 678 g/mol. The Morgan fingerprint density at radius 3 is 2.33 bits per heavy atom. The van der Waals surface area contributed by atoms with Crippen molar-refractivity contribution in [1.29, 1.82) is 0 Å². The molecular formula is C34H43N7O8. The second kappa shape index (κ2) is 16.6. The number of rotatable bonds is 6. The first-order valence-corrected chi connectivity index (χ1v) is 16.2. The van der Waals surface area contributed by atoms with Crippen molar-refractivity contribution in [3.05, 3.63) is 70.7 Å². The summed E-state index contributed by atoms with van der Waals surface area (Å²) >= 11 is 0. The van der Waals surface area contributed by atoms with Crippen molar-refractivity contribution >= 4 is 46.5 Å². The summed E-state index contributed by atoms with van der Waals surface area (Å²) in [5.41, 5.74) is 1.49. The van der Waals surface area contributed by atoms with E-state index in [0.717, 1.165) is 10.1 Å². The van der Waals surface area contributed by atoms with Crippen LogP contribution in [0.4, 0.5) is 0 Å². The summed E-state index contributed by atoms with van der Waals surface area (Å²) in [5, 5.41) is 13.4. The number of aromatic nitrogens is 1. The van der Waals surface area contributed by atoms with Crippen LogP contribution in [0.25, 0.3) is 11.1 Å². The number of carbonyl (C=O) groups excluding carboxylic acids is 6. The Hall–Kier alpha value is -5.47. The minimum atomic E-state index is -1.14. The standard InChI is InChI=1S/C34H43N7O8/c1-20(2)29-32(46)36-21(3)30(44)38-24(17-22-11-6-5-7-12-22)33(47)40(4)18-27(42)35-16-10-13-23(31(45)39-29)37-28(43)19-41-25-14-8-9-15-26(25)49-34(41)48/h5-9,11-12,14-15,20-21,23-24,29H,10,13,16-19H2,1-4H3,(H,35,42)(H,36,46)(H,37,43)(H,38,44)(H,39,45)/t21-,23+,24+,29-/m1/s1. The molecule has 0 radical (unpaired) electrons. The number of carbonyl (C=O) groups is 6. The van der Waals surface area contributed by atoms with E-state index in [4.69, 9.17) is 4.42 Å². The Bertz CT molecular complexity index is 1730. The van der Waals surface area contributed by atoms with Gasteiger partial charge < -0.3 is 35.9 Å². The van der Waals surface area contributed by atoms with Gasteiger partial charge in [0.05, 0.1) is 12.1 Å². The Labute approximate surface area is 283 Å². The number of amides is 6. The number of nitrogens with zero attached hydrogens (tertiary/aromatic N) is 2. The van der Waals surface area contributed by atoms with Crippen LogP contribution < -0.4 is 32.3 Å². The van der Waals surface area contributed by atoms with Gasteiger partial charge in [-0.3, -0.25) is 33.3 Å². The van der Waals surface area contributed by atoms with Crippen LogP contribution in [0.15, 0.2) is 63.8 Å². The third-order valence-corrected chi connectivity index (χ3v) is 8.17. The summed E-state index contributed by atoms with van der Waals surface area (Å²) in [4.78, 5) is 93.3. The fourth-order valence-electron chi connectivity index (χ4n) is 5.47. The first-order valence-electron chi connectivity index (χ1n) is 16.2. The summed E-state index contributed by atoms with van der Waals surface area (Å²) in [5.74, 6) is -4.70. The lowest BCUT2D eigenvalue weighted by Gasteiger charge is -2.28. The Morgan fingerprint density at radius 2 is 1.61 bits per heavy atom. The lowest BCUT2D eigenvalue weighted by atomic mass is 10.0. The Balaban J connectivity index is 1.54. The van der Waals surface area contributed by atoms with Crippen LogP contribution in [-0.2, 0) is 41.7 Å². The van der Waals surface area contributed by atoms with Crippen molar-refractivity contribution in [2.45, 2.75) is 70.7 Å². The number of oxazole rings is 1. The van der Waals surface area contributed by atoms with E-state index in [2.05, 4.69) is 26.6 Å². The SMILES string of the molecule is CC(C)[C@H]1NC(=O)[C@@H](NC(=O)Cn2c(=O)oc3ccccc32)CCCNC(=O)CN(C)C(=O)[C@H](Cc2ccccc2)NC(=O)[C@@H](C)NC1=O. The molecule has 5 N–H and O–H groups in total. The van der Waals surface area contributed by atoms with Gasteiger partial charge in [0.1, 0.15) is 30.7 Å². The molecule has 262 valence electrons. The topological polar surface area (TPSA) is 201 Å². The minimum absolute atomic E-state index is 0.0675. The number of nitrogens with one attached hydrogen (secondary N) is 5. The highest BCUT2D eigenvalue weighted by atomic mass is 16.4. The second-order valence-corrected chi connectivity index (χ2v) is 12.4. The van der Waals surface area contributed by atoms with Crippen LogP contribution >= 0.6 is 0 Å². The summed E-state index contributed by atoms with van der Waals surface area (Å²) in [6.07, 6.45) is 0.470. The molecule has 0 bridgehead atoms. The molecule has 4 rings (SSSR count). The van der Waals surface area contributed by atoms with Crippen molar-refractivity contribution in [2.24, 2.45) is 5.92 Å². The van der Waals surface area contributed by atoms with Gasteiger partial charge >= 0.3 is 5.76 Å². The summed E-state index contributed by atoms with van der Waals surface area (Å²) in [7, 11) is 1.45. The van der Waals surface area contributed by atoms with E-state index in [1.54, 1.807) is 38.1 Å². The zero-order chi connectivity index (χ0) is 35.7. The van der Waals surface area contributed by atoms with E-state index in [-0.39, 0.29) is 32.4 Å². The lowest BCUT2D eigenvalue weighted by molar-refractivity contribution is -0.139. The van der Waals surface area contributed by atoms with Gasteiger partial charge in [0.25, 0.3) is 0 Å². The molecule has 1 aromatic heterocycles. The van der Waals surface area contributed by atoms with Gasteiger partial charge in [0.15, 0.2) is 5.58 Å². The normalized spacial score (nSPS) is 22.1. The fraction of sp³-hybridized carbons (Fsp3) is 0.441. The van der Waals surface area contributed by atoms with Gasteiger partial charge in [-0.15, -0.1) is 0 Å². The van der Waals surface area contributed by atoms with E-state index in [9.17, 15) is 33.6 Å². The molecule has 15 heteroatoms. The first kappa shape index (κ1) is 36.4. The highest BCUT2D eigenvalue weighted by molar-refractivity contribution is 5.96. The summed E-state index contributed by atoms with van der Waals surface area (Å²) in [6.45, 7) is 4.27. The van der Waals surface area contributed by atoms with Crippen molar-refractivity contribution in [1.82, 2.24) is 36.1 Å². The van der Waals surface area contributed by atoms with E-state index in [1.165, 1.54) is 18.9 Å². The monoisotopic (exact) mass is 677 g/mol. The number of benzene rings is 2. The van der Waals surface area contributed by atoms with Gasteiger partial charge in [-0.2, -0.15) is 0 Å². The van der Waals surface area contributed by atoms with Crippen LogP contribution in [0, 0.1) is 5.92 Å². The fourth-order valence-corrected chi connectivity index (χ4v) is 5.47. The van der Waals surface area contributed by atoms with Crippen molar-refractivity contribution in [3.8, 4) is 0 Å². The molecule has 1 saturated heterocycles. The van der Waals surface area contributed by atoms with Crippen molar-refractivity contribution < 1.29 is 33.2 Å². The number of hydrogen-bond donors (Lipinski definition) is 5. The minimum Gasteiger partial charge on any atom is -0.408 e. The second-order valence-electron chi connectivity index (χ2n) is 12.4. The van der Waals surface area contributed by atoms with Crippen molar-refractivity contribution in [2.75, 3.05) is 20.1 Å². The highest BCUT2D eigenvalue weighted by Crippen LogP contribution is 2.12. The van der Waals surface area contributed by atoms with Crippen molar-refractivity contribution in [3.63, 3.8) is 0 Å². The van der Waals surface area contributed by atoms with E-state index < -0.39 is 77.8 Å². The molecule has 0 aliphatic carbocycles. The largest absolute Gasteiger partial charge is 0.420 e. The average Bonchev–Trinajstić information content (AvgIpc) is 3.37. The molecule has 0 spiro atoms. The third kappa shape index (κ3) is 9.78. The number of para-hydroxylation sites is 2. The van der Waals surface area contributed by atoms with Crippen LogP contribution in [0.2, 0.25) is 0 Å². The first-order chi connectivity index (χ1) is 23.3. The summed E-state index contributed by atoms with van der Waals surface area (Å²) in [6, 6.07) is 11.3. The molecule has 2 aromatic carbocycles. The molecule has 4 atom stereocenters. The van der Waals surface area contributed by atoms with E-state index in [1.807, 2.05) is 30.3 Å². The molecule has 0 unspecified atom stereocenters. The smallest absolute Gasteiger partial charge is 0.408 e. The van der Waals surface area contributed by atoms with Crippen LogP contribution in [0.1, 0.15) is 39.2 Å². The van der Waals surface area contributed by atoms with E-state index >= 15 is 0 Å². The molecule has 49 heavy (non-hydrogen) atoms. The molecule has 6 amide bonds. The molecular weight excluding hydrogens is 634 g/mol. The number of fused-ring (bicyclic) bond motifs is 1. The predicted octanol–water partition coefficient (Wildman–Crippen LogP) is -0.179. The maximum atomic E-state index is 13.6. The number of likely N-dealkylation sites (N-methyl/N-ethyl adjacent to an activating group) is 1. The zero-order valence-electron chi connectivity index (χ0n) is 28.0. The Morgan fingerprint density at radius 1 is 0.918 bits per heavy atom. The molecule has 1 aliphatic rings. The van der Waals surface area contributed by atoms with Gasteiger partial charge in [-0.25, -0.2) is 4.79 Å². The molecule has 2 heterocycles.